The molecule has 0 saturated heterocycles. The summed E-state index contributed by atoms with van der Waals surface area (Å²) in [4.78, 5) is 38.4. The average Bonchev–Trinajstić information content (AvgIpc) is 2.71. The molecule has 0 aliphatic rings. The maximum absolute atomic E-state index is 13.2. The Labute approximate surface area is 167 Å². The number of amides is 1. The first-order valence-corrected chi connectivity index (χ1v) is 9.17. The number of benzene rings is 2. The summed E-state index contributed by atoms with van der Waals surface area (Å²) in [5, 5.41) is 2.73. The molecule has 1 N–H and O–H groups in total. The van der Waals surface area contributed by atoms with E-state index in [-0.39, 0.29) is 12.1 Å². The van der Waals surface area contributed by atoms with Crippen molar-refractivity contribution in [1.29, 1.82) is 0 Å². The van der Waals surface area contributed by atoms with Crippen molar-refractivity contribution >= 4 is 11.7 Å². The Hall–Kier alpha value is -3.54. The molecule has 1 atom stereocenters. The van der Waals surface area contributed by atoms with Gasteiger partial charge in [0.25, 0.3) is 11.5 Å². The highest BCUT2D eigenvalue weighted by Gasteiger charge is 2.30. The van der Waals surface area contributed by atoms with Gasteiger partial charge in [0.2, 0.25) is 0 Å². The van der Waals surface area contributed by atoms with Crippen LogP contribution in [0.2, 0.25) is 0 Å². The zero-order valence-electron chi connectivity index (χ0n) is 16.2. The number of nitrogens with zero attached hydrogens (tertiary/aromatic N) is 1. The van der Waals surface area contributed by atoms with E-state index in [0.717, 1.165) is 33.4 Å². The van der Waals surface area contributed by atoms with Gasteiger partial charge in [0.1, 0.15) is 5.82 Å². The maximum atomic E-state index is 13.2. The highest BCUT2D eigenvalue weighted by atomic mass is 19.1. The fourth-order valence-electron chi connectivity index (χ4n) is 2.95. The Bertz CT molecular complexity index is 1090. The number of ketones is 1. The zero-order valence-corrected chi connectivity index (χ0v) is 16.2. The third kappa shape index (κ3) is 4.85. The molecule has 3 rings (SSSR count). The van der Waals surface area contributed by atoms with Crippen LogP contribution < -0.4 is 10.9 Å². The maximum Gasteiger partial charge on any atom is 0.251 e. The van der Waals surface area contributed by atoms with Crippen molar-refractivity contribution in [3.05, 3.63) is 105 Å². The van der Waals surface area contributed by atoms with Gasteiger partial charge in [0.15, 0.2) is 11.8 Å². The van der Waals surface area contributed by atoms with Crippen LogP contribution in [0.5, 0.6) is 0 Å². The fourth-order valence-corrected chi connectivity index (χ4v) is 2.95. The van der Waals surface area contributed by atoms with Crippen LogP contribution in [0.25, 0.3) is 0 Å². The van der Waals surface area contributed by atoms with Crippen molar-refractivity contribution in [2.75, 3.05) is 0 Å². The standard InChI is InChI=1S/C23H21FN2O3/c1-15-3-6-17(7-4-15)13-25-23(29)21(26-14-16(2)5-12-20(26)27)22(28)18-8-10-19(24)11-9-18/h3-12,14,21H,13H2,1-2H3,(H,25,29). The molecule has 1 heterocycles. The van der Waals surface area contributed by atoms with Gasteiger partial charge in [-0.15, -0.1) is 0 Å². The number of aromatic nitrogens is 1. The summed E-state index contributed by atoms with van der Waals surface area (Å²) in [7, 11) is 0. The Morgan fingerprint density at radius 3 is 2.21 bits per heavy atom. The molecule has 5 nitrogen and oxygen atoms in total. The van der Waals surface area contributed by atoms with Crippen LogP contribution in [-0.2, 0) is 11.3 Å². The lowest BCUT2D eigenvalue weighted by Crippen LogP contribution is -2.41. The lowest BCUT2D eigenvalue weighted by atomic mass is 10.0. The average molecular weight is 392 g/mol. The fraction of sp³-hybridized carbons (Fsp3) is 0.174. The van der Waals surface area contributed by atoms with Gasteiger partial charge in [-0.2, -0.15) is 0 Å². The second-order valence-electron chi connectivity index (χ2n) is 6.93. The van der Waals surface area contributed by atoms with Crippen molar-refractivity contribution < 1.29 is 14.0 Å². The molecule has 3 aromatic rings. The second-order valence-corrected chi connectivity index (χ2v) is 6.93. The zero-order chi connectivity index (χ0) is 21.0. The van der Waals surface area contributed by atoms with E-state index in [2.05, 4.69) is 5.32 Å². The Kier molecular flexibility index (Phi) is 6.02. The Morgan fingerprint density at radius 2 is 1.55 bits per heavy atom. The van der Waals surface area contributed by atoms with Crippen LogP contribution in [0.3, 0.4) is 0 Å². The summed E-state index contributed by atoms with van der Waals surface area (Å²) in [5.41, 5.74) is 2.37. The van der Waals surface area contributed by atoms with E-state index < -0.39 is 29.1 Å². The molecular weight excluding hydrogens is 371 g/mol. The topological polar surface area (TPSA) is 68.2 Å². The van der Waals surface area contributed by atoms with Gasteiger partial charge in [0.05, 0.1) is 0 Å². The van der Waals surface area contributed by atoms with E-state index >= 15 is 0 Å². The first kappa shape index (κ1) is 20.2. The molecule has 0 aliphatic carbocycles. The van der Waals surface area contributed by atoms with Crippen molar-refractivity contribution in [3.8, 4) is 0 Å². The number of pyridine rings is 1. The SMILES string of the molecule is Cc1ccc(CNC(=O)C(C(=O)c2ccc(F)cc2)n2cc(C)ccc2=O)cc1. The predicted molar refractivity (Wildman–Crippen MR) is 108 cm³/mol. The summed E-state index contributed by atoms with van der Waals surface area (Å²) in [6, 6.07) is 14.0. The highest BCUT2D eigenvalue weighted by molar-refractivity contribution is 6.11. The van der Waals surface area contributed by atoms with Crippen LogP contribution in [-0.4, -0.2) is 16.3 Å². The minimum atomic E-state index is -1.39. The molecule has 0 spiro atoms. The quantitative estimate of drug-likeness (QED) is 0.517. The first-order chi connectivity index (χ1) is 13.8. The van der Waals surface area contributed by atoms with Crippen molar-refractivity contribution in [2.45, 2.75) is 26.4 Å². The number of hydrogen-bond donors (Lipinski definition) is 1. The van der Waals surface area contributed by atoms with Crippen LogP contribution in [0.15, 0.2) is 71.7 Å². The minimum Gasteiger partial charge on any atom is -0.350 e. The molecule has 0 saturated carbocycles. The third-order valence-corrected chi connectivity index (χ3v) is 4.58. The molecule has 0 bridgehead atoms. The monoisotopic (exact) mass is 392 g/mol. The number of nitrogens with one attached hydrogen (secondary N) is 1. The predicted octanol–water partition coefficient (Wildman–Crippen LogP) is 3.34. The van der Waals surface area contributed by atoms with E-state index in [4.69, 9.17) is 0 Å². The normalized spacial score (nSPS) is 11.7. The summed E-state index contributed by atoms with van der Waals surface area (Å²) in [5.74, 6) is -1.68. The van der Waals surface area contributed by atoms with Gasteiger partial charge in [-0.1, -0.05) is 35.9 Å². The summed E-state index contributed by atoms with van der Waals surface area (Å²) in [6.07, 6.45) is 1.47. The van der Waals surface area contributed by atoms with Crippen molar-refractivity contribution in [2.24, 2.45) is 0 Å². The summed E-state index contributed by atoms with van der Waals surface area (Å²) >= 11 is 0. The molecule has 0 radical (unpaired) electrons. The molecule has 1 unspecified atom stereocenters. The highest BCUT2D eigenvalue weighted by Crippen LogP contribution is 2.16. The molecule has 6 heteroatoms. The smallest absolute Gasteiger partial charge is 0.251 e. The van der Waals surface area contributed by atoms with E-state index in [9.17, 15) is 18.8 Å². The Morgan fingerprint density at radius 1 is 0.931 bits per heavy atom. The molecule has 0 fully saturated rings. The summed E-state index contributed by atoms with van der Waals surface area (Å²) < 4.78 is 14.4. The number of halogens is 1. The second kappa shape index (κ2) is 8.65. The number of Topliss-reactive ketones (excluding diaryl/α,β-unsaturated/α-hetero) is 1. The van der Waals surface area contributed by atoms with Gasteiger partial charge in [-0.05, 0) is 49.2 Å². The van der Waals surface area contributed by atoms with Gasteiger partial charge >= 0.3 is 0 Å². The molecule has 0 aliphatic heterocycles. The van der Waals surface area contributed by atoms with Gasteiger partial charge in [-0.25, -0.2) is 4.39 Å². The summed E-state index contributed by atoms with van der Waals surface area (Å²) in [6.45, 7) is 3.94. The Balaban J connectivity index is 1.93. The number of hydrogen-bond acceptors (Lipinski definition) is 3. The van der Waals surface area contributed by atoms with E-state index in [1.165, 1.54) is 24.4 Å². The number of rotatable bonds is 6. The van der Waals surface area contributed by atoms with E-state index in [1.54, 1.807) is 13.0 Å². The lowest BCUT2D eigenvalue weighted by molar-refractivity contribution is -0.123. The van der Waals surface area contributed by atoms with Gasteiger partial charge in [-0.3, -0.25) is 19.0 Å². The van der Waals surface area contributed by atoms with E-state index in [0.29, 0.717) is 0 Å². The minimum absolute atomic E-state index is 0.148. The van der Waals surface area contributed by atoms with Crippen LogP contribution >= 0.6 is 0 Å². The van der Waals surface area contributed by atoms with Crippen molar-refractivity contribution in [1.82, 2.24) is 9.88 Å². The van der Waals surface area contributed by atoms with Crippen molar-refractivity contribution in [3.63, 3.8) is 0 Å². The first-order valence-electron chi connectivity index (χ1n) is 9.17. The van der Waals surface area contributed by atoms with Crippen LogP contribution in [0, 0.1) is 19.7 Å². The molecule has 29 heavy (non-hydrogen) atoms. The number of carbonyl (C=O) groups excluding carboxylic acids is 2. The van der Waals surface area contributed by atoms with Gasteiger partial charge in [0, 0.05) is 24.4 Å². The third-order valence-electron chi connectivity index (χ3n) is 4.58. The van der Waals surface area contributed by atoms with Crippen LogP contribution in [0.4, 0.5) is 4.39 Å². The molecule has 1 aromatic heterocycles. The number of carbonyl (C=O) groups is 2. The van der Waals surface area contributed by atoms with Crippen LogP contribution in [0.1, 0.15) is 33.1 Å². The lowest BCUT2D eigenvalue weighted by Gasteiger charge is -2.19. The largest absolute Gasteiger partial charge is 0.350 e. The molecule has 148 valence electrons. The molecular formula is C23H21FN2O3. The van der Waals surface area contributed by atoms with Gasteiger partial charge < -0.3 is 5.32 Å². The number of aryl methyl sites for hydroxylation is 2. The van der Waals surface area contributed by atoms with E-state index in [1.807, 2.05) is 31.2 Å². The molecule has 2 aromatic carbocycles. The molecule has 1 amide bonds.